The van der Waals surface area contributed by atoms with E-state index in [1.807, 2.05) is 0 Å². The maximum Gasteiger partial charge on any atom is 0.411 e. The Morgan fingerprint density at radius 1 is 1.00 bits per heavy atom. The number of rotatable bonds is 7. The average molecular weight is 407 g/mol. The summed E-state index contributed by atoms with van der Waals surface area (Å²) in [5.41, 5.74) is 1.01. The van der Waals surface area contributed by atoms with Crippen molar-refractivity contribution in [3.05, 3.63) is 42.5 Å². The van der Waals surface area contributed by atoms with Crippen molar-refractivity contribution in [2.45, 2.75) is 18.7 Å². The second-order valence-electron chi connectivity index (χ2n) is 5.57. The maximum absolute atomic E-state index is 12.7. The third-order valence-corrected chi connectivity index (χ3v) is 4.83. The average Bonchev–Trinajstić information content (AvgIpc) is 2.63. The highest BCUT2D eigenvalue weighted by Gasteiger charge is 2.18. The van der Waals surface area contributed by atoms with Crippen molar-refractivity contribution < 1.29 is 27.5 Å². The van der Waals surface area contributed by atoms with Crippen LogP contribution in [0.2, 0.25) is 0 Å². The lowest BCUT2D eigenvalue weighted by atomic mass is 10.3. The number of nitrogens with one attached hydrogen (secondary N) is 3. The van der Waals surface area contributed by atoms with E-state index in [4.69, 9.17) is 9.47 Å². The van der Waals surface area contributed by atoms with Gasteiger partial charge >= 0.3 is 6.09 Å². The summed E-state index contributed by atoms with van der Waals surface area (Å²) in [5.74, 6) is 0.0554. The summed E-state index contributed by atoms with van der Waals surface area (Å²) in [6, 6.07) is 10.2. The number of sulfonamides is 1. The molecular weight excluding hydrogens is 386 g/mol. The van der Waals surface area contributed by atoms with Crippen LogP contribution in [0.1, 0.15) is 13.8 Å². The number of methoxy groups -OCH3 is 1. The molecule has 0 saturated carbocycles. The van der Waals surface area contributed by atoms with Crippen LogP contribution in [0, 0.1) is 0 Å². The third kappa shape index (κ3) is 5.61. The van der Waals surface area contributed by atoms with Crippen molar-refractivity contribution >= 4 is 39.1 Å². The van der Waals surface area contributed by atoms with Crippen molar-refractivity contribution in [2.75, 3.05) is 29.1 Å². The van der Waals surface area contributed by atoms with Gasteiger partial charge in [0.1, 0.15) is 5.75 Å². The second kappa shape index (κ2) is 9.09. The van der Waals surface area contributed by atoms with Crippen molar-refractivity contribution in [1.82, 2.24) is 0 Å². The van der Waals surface area contributed by atoms with Crippen LogP contribution < -0.4 is 20.1 Å². The van der Waals surface area contributed by atoms with Crippen LogP contribution in [0.5, 0.6) is 5.75 Å². The van der Waals surface area contributed by atoms with Gasteiger partial charge in [-0.2, -0.15) is 0 Å². The highest BCUT2D eigenvalue weighted by molar-refractivity contribution is 7.92. The number of ether oxygens (including phenoxy) is 2. The number of amides is 2. The molecule has 0 aliphatic heterocycles. The van der Waals surface area contributed by atoms with Gasteiger partial charge in [-0.05, 0) is 49.4 Å². The lowest BCUT2D eigenvalue weighted by Crippen LogP contribution is -2.16. The molecule has 0 spiro atoms. The Morgan fingerprint density at radius 3 is 2.21 bits per heavy atom. The standard InChI is InChI=1S/C18H21N3O6S/c1-4-27-18(23)20-16-11-15(9-10-17(16)26-3)28(24,25)21-14-7-5-13(6-8-14)19-12(2)22/h5-11,21H,4H2,1-3H3,(H,19,22)(H,20,23). The van der Waals surface area contributed by atoms with E-state index >= 15 is 0 Å². The van der Waals surface area contributed by atoms with E-state index in [1.165, 1.54) is 44.4 Å². The minimum Gasteiger partial charge on any atom is -0.495 e. The number of carbonyl (C=O) groups excluding carboxylic acids is 2. The molecule has 150 valence electrons. The van der Waals surface area contributed by atoms with E-state index in [0.29, 0.717) is 11.4 Å². The smallest absolute Gasteiger partial charge is 0.411 e. The second-order valence-corrected chi connectivity index (χ2v) is 7.25. The Kier molecular flexibility index (Phi) is 6.83. The summed E-state index contributed by atoms with van der Waals surface area (Å²) in [5, 5.41) is 5.04. The first-order valence-electron chi connectivity index (χ1n) is 8.27. The molecule has 0 unspecified atom stereocenters. The zero-order valence-electron chi connectivity index (χ0n) is 15.6. The van der Waals surface area contributed by atoms with Gasteiger partial charge in [0.05, 0.1) is 24.3 Å². The Bertz CT molecular complexity index is 958. The van der Waals surface area contributed by atoms with Gasteiger partial charge in [-0.15, -0.1) is 0 Å². The first-order chi connectivity index (χ1) is 13.2. The lowest BCUT2D eigenvalue weighted by molar-refractivity contribution is -0.114. The van der Waals surface area contributed by atoms with E-state index < -0.39 is 16.1 Å². The lowest BCUT2D eigenvalue weighted by Gasteiger charge is -2.13. The Morgan fingerprint density at radius 2 is 1.64 bits per heavy atom. The maximum atomic E-state index is 12.7. The summed E-state index contributed by atoms with van der Waals surface area (Å²) in [6.07, 6.45) is -0.725. The highest BCUT2D eigenvalue weighted by atomic mass is 32.2. The monoisotopic (exact) mass is 407 g/mol. The molecule has 9 nitrogen and oxygen atoms in total. The fourth-order valence-corrected chi connectivity index (χ4v) is 3.35. The molecule has 10 heteroatoms. The third-order valence-electron chi connectivity index (χ3n) is 3.45. The Labute approximate surface area is 163 Å². The van der Waals surface area contributed by atoms with Crippen molar-refractivity contribution in [2.24, 2.45) is 0 Å². The summed E-state index contributed by atoms with van der Waals surface area (Å²) in [4.78, 5) is 22.6. The molecule has 0 fully saturated rings. The molecule has 28 heavy (non-hydrogen) atoms. The van der Waals surface area contributed by atoms with Crippen LogP contribution in [0.4, 0.5) is 21.9 Å². The molecule has 0 aliphatic carbocycles. The summed E-state index contributed by atoms with van der Waals surface area (Å²) >= 11 is 0. The van der Waals surface area contributed by atoms with Crippen LogP contribution in [0.15, 0.2) is 47.4 Å². The topological polar surface area (TPSA) is 123 Å². The molecule has 2 amide bonds. The van der Waals surface area contributed by atoms with Crippen LogP contribution in [-0.2, 0) is 19.6 Å². The summed E-state index contributed by atoms with van der Waals surface area (Å²) < 4.78 is 37.7. The molecule has 0 atom stereocenters. The molecule has 0 aliphatic rings. The van der Waals surface area contributed by atoms with Gasteiger partial charge in [-0.3, -0.25) is 14.8 Å². The first kappa shape index (κ1) is 21.0. The van der Waals surface area contributed by atoms with E-state index in [1.54, 1.807) is 19.1 Å². The van der Waals surface area contributed by atoms with Gasteiger partial charge in [0.2, 0.25) is 5.91 Å². The SMILES string of the molecule is CCOC(=O)Nc1cc(S(=O)(=O)Nc2ccc(NC(C)=O)cc2)ccc1OC. The van der Waals surface area contributed by atoms with Gasteiger partial charge in [0, 0.05) is 18.3 Å². The highest BCUT2D eigenvalue weighted by Crippen LogP contribution is 2.28. The quantitative estimate of drug-likeness (QED) is 0.648. The van der Waals surface area contributed by atoms with Gasteiger partial charge in [-0.1, -0.05) is 0 Å². The molecule has 0 heterocycles. The molecule has 2 rings (SSSR count). The summed E-state index contributed by atoms with van der Waals surface area (Å²) in [7, 11) is -2.53. The van der Waals surface area contributed by atoms with E-state index in [2.05, 4.69) is 15.4 Å². The number of carbonyl (C=O) groups is 2. The Hall–Kier alpha value is -3.27. The fraction of sp³-hybridized carbons (Fsp3) is 0.222. The minimum absolute atomic E-state index is 0.0777. The van der Waals surface area contributed by atoms with Crippen LogP contribution in [0.25, 0.3) is 0 Å². The molecule has 0 radical (unpaired) electrons. The van der Waals surface area contributed by atoms with Gasteiger partial charge in [0.15, 0.2) is 0 Å². The number of hydrogen-bond donors (Lipinski definition) is 3. The van der Waals surface area contributed by atoms with Crippen molar-refractivity contribution in [3.63, 3.8) is 0 Å². The van der Waals surface area contributed by atoms with E-state index in [-0.39, 0.29) is 28.8 Å². The number of benzene rings is 2. The van der Waals surface area contributed by atoms with Crippen molar-refractivity contribution in [1.29, 1.82) is 0 Å². The molecular formula is C18H21N3O6S. The zero-order chi connectivity index (χ0) is 20.7. The molecule has 0 bridgehead atoms. The first-order valence-corrected chi connectivity index (χ1v) is 9.75. The largest absolute Gasteiger partial charge is 0.495 e. The fourth-order valence-electron chi connectivity index (χ4n) is 2.27. The predicted octanol–water partition coefficient (Wildman–Crippen LogP) is 3.02. The van der Waals surface area contributed by atoms with Crippen LogP contribution >= 0.6 is 0 Å². The Balaban J connectivity index is 2.24. The number of hydrogen-bond acceptors (Lipinski definition) is 6. The molecule has 3 N–H and O–H groups in total. The molecule has 2 aromatic rings. The van der Waals surface area contributed by atoms with E-state index in [9.17, 15) is 18.0 Å². The van der Waals surface area contributed by atoms with Gasteiger partial charge in [0.25, 0.3) is 10.0 Å². The van der Waals surface area contributed by atoms with Gasteiger partial charge in [-0.25, -0.2) is 13.2 Å². The molecule has 0 aromatic heterocycles. The summed E-state index contributed by atoms with van der Waals surface area (Å²) in [6.45, 7) is 3.20. The van der Waals surface area contributed by atoms with Crippen LogP contribution in [0.3, 0.4) is 0 Å². The zero-order valence-corrected chi connectivity index (χ0v) is 16.4. The van der Waals surface area contributed by atoms with Crippen molar-refractivity contribution in [3.8, 4) is 5.75 Å². The van der Waals surface area contributed by atoms with E-state index in [0.717, 1.165) is 0 Å². The number of anilines is 3. The van der Waals surface area contributed by atoms with Gasteiger partial charge < -0.3 is 14.8 Å². The predicted molar refractivity (Wildman–Crippen MR) is 105 cm³/mol. The minimum atomic E-state index is -3.93. The molecule has 2 aromatic carbocycles. The van der Waals surface area contributed by atoms with Crippen LogP contribution in [-0.4, -0.2) is 34.1 Å². The normalized spacial score (nSPS) is 10.7. The molecule has 0 saturated heterocycles.